The zero-order valence-corrected chi connectivity index (χ0v) is 21.1. The maximum atomic E-state index is 13.3. The number of carbonyl (C=O) groups is 1. The lowest BCUT2D eigenvalue weighted by molar-refractivity contribution is -0.141. The van der Waals surface area contributed by atoms with Crippen LogP contribution in [0.1, 0.15) is 87.4 Å². The minimum atomic E-state index is -0.221. The maximum Gasteiger partial charge on any atom is 0.316 e. The van der Waals surface area contributed by atoms with E-state index in [2.05, 4.69) is 6.92 Å². The molecule has 0 saturated carbocycles. The third kappa shape index (κ3) is 5.55. The van der Waals surface area contributed by atoms with Crippen LogP contribution >= 0.6 is 11.6 Å². The Morgan fingerprint density at radius 3 is 2.24 bits per heavy atom. The van der Waals surface area contributed by atoms with E-state index in [4.69, 9.17) is 21.4 Å². The average molecular weight is 479 g/mol. The average Bonchev–Trinajstić information content (AvgIpc) is 3.17. The highest BCUT2D eigenvalue weighted by molar-refractivity contribution is 6.30. The maximum absolute atomic E-state index is 13.3. The number of aryl methyl sites for hydroxylation is 1. The Balaban J connectivity index is 1.58. The molecule has 180 valence electrons. The first-order valence-corrected chi connectivity index (χ1v) is 13.1. The molecular weight excluding hydrogens is 444 g/mol. The van der Waals surface area contributed by atoms with E-state index < -0.39 is 0 Å². The highest BCUT2D eigenvalue weighted by Crippen LogP contribution is 2.46. The number of unbranched alkanes of at least 4 members (excludes halogenated alkanes) is 7. The van der Waals surface area contributed by atoms with Crippen molar-refractivity contribution in [2.45, 2.75) is 77.6 Å². The van der Waals surface area contributed by atoms with Crippen LogP contribution in [0.2, 0.25) is 5.02 Å². The molecule has 0 N–H and O–H groups in total. The van der Waals surface area contributed by atoms with Gasteiger partial charge < -0.3 is 4.74 Å². The molecule has 34 heavy (non-hydrogen) atoms. The second-order valence-electron chi connectivity index (χ2n) is 9.37. The fourth-order valence-corrected chi connectivity index (χ4v) is 5.20. The molecule has 0 bridgehead atoms. The lowest BCUT2D eigenvalue weighted by atomic mass is 9.77. The van der Waals surface area contributed by atoms with E-state index in [9.17, 15) is 4.79 Å². The van der Waals surface area contributed by atoms with Gasteiger partial charge in [-0.05, 0) is 43.2 Å². The molecule has 0 fully saturated rings. The number of nitrogens with zero attached hydrogens (tertiary/aromatic N) is 2. The predicted molar refractivity (Wildman–Crippen MR) is 138 cm³/mol. The van der Waals surface area contributed by atoms with Crippen LogP contribution in [-0.2, 0) is 4.79 Å². The van der Waals surface area contributed by atoms with Crippen LogP contribution in [0, 0.1) is 12.8 Å². The molecule has 1 aliphatic heterocycles. The van der Waals surface area contributed by atoms with Crippen molar-refractivity contribution in [3.05, 3.63) is 76.4 Å². The van der Waals surface area contributed by atoms with Crippen LogP contribution in [0.4, 0.5) is 0 Å². The predicted octanol–water partition coefficient (Wildman–Crippen LogP) is 8.03. The normalized spacial score (nSPS) is 17.4. The summed E-state index contributed by atoms with van der Waals surface area (Å²) in [7, 11) is 0. The van der Waals surface area contributed by atoms with Gasteiger partial charge in [0.15, 0.2) is 0 Å². The van der Waals surface area contributed by atoms with E-state index in [1.165, 1.54) is 38.5 Å². The minimum Gasteiger partial charge on any atom is -0.407 e. The number of ether oxygens (including phenoxy) is 1. The lowest BCUT2D eigenvalue weighted by Crippen LogP contribution is -2.33. The topological polar surface area (TPSA) is 44.1 Å². The zero-order valence-electron chi connectivity index (χ0n) is 20.3. The van der Waals surface area contributed by atoms with Gasteiger partial charge in [0.1, 0.15) is 0 Å². The van der Waals surface area contributed by atoms with Crippen molar-refractivity contribution in [2.75, 3.05) is 0 Å². The largest absolute Gasteiger partial charge is 0.407 e. The van der Waals surface area contributed by atoms with Crippen LogP contribution in [-0.4, -0.2) is 15.7 Å². The first kappa shape index (κ1) is 24.5. The van der Waals surface area contributed by atoms with Crippen LogP contribution < -0.4 is 4.74 Å². The number of hydrogen-bond donors (Lipinski definition) is 0. The van der Waals surface area contributed by atoms with Crippen LogP contribution in [0.25, 0.3) is 5.69 Å². The first-order valence-electron chi connectivity index (χ1n) is 12.7. The highest BCUT2D eigenvalue weighted by atomic mass is 35.5. The summed E-state index contributed by atoms with van der Waals surface area (Å²) in [5.41, 5.74) is 3.88. The van der Waals surface area contributed by atoms with E-state index in [-0.39, 0.29) is 17.8 Å². The van der Waals surface area contributed by atoms with Crippen molar-refractivity contribution in [2.24, 2.45) is 5.92 Å². The molecule has 1 aromatic heterocycles. The summed E-state index contributed by atoms with van der Waals surface area (Å²) >= 11 is 6.19. The van der Waals surface area contributed by atoms with E-state index in [0.717, 1.165) is 41.8 Å². The standard InChI is InChI=1S/C29H35ClN2O2/c1-3-4-5-6-7-8-9-13-16-25-27(22-17-19-23(30)20-18-22)26-21(2)31-32(28(26)34-29(25)33)24-14-11-10-12-15-24/h10-12,14-15,17-20,25,27H,3-9,13,16H2,1-2H3/t25-,27+/m0/s1. The van der Waals surface area contributed by atoms with Gasteiger partial charge in [-0.25, -0.2) is 4.68 Å². The lowest BCUT2D eigenvalue weighted by Gasteiger charge is -2.31. The minimum absolute atomic E-state index is 0.0875. The Kier molecular flexibility index (Phi) is 8.44. The Hall–Kier alpha value is -2.59. The molecule has 3 aromatic rings. The van der Waals surface area contributed by atoms with Crippen molar-refractivity contribution in [1.29, 1.82) is 0 Å². The van der Waals surface area contributed by atoms with Crippen molar-refractivity contribution in [3.63, 3.8) is 0 Å². The molecule has 4 rings (SSSR count). The van der Waals surface area contributed by atoms with E-state index in [1.807, 2.05) is 61.5 Å². The second-order valence-corrected chi connectivity index (χ2v) is 9.81. The second kappa shape index (κ2) is 11.7. The molecule has 0 amide bonds. The fraction of sp³-hybridized carbons (Fsp3) is 0.448. The molecule has 0 spiro atoms. The van der Waals surface area contributed by atoms with Gasteiger partial charge in [0, 0.05) is 16.5 Å². The number of aromatic nitrogens is 2. The first-order chi connectivity index (χ1) is 16.6. The monoisotopic (exact) mass is 478 g/mol. The number of esters is 1. The quantitative estimate of drug-likeness (QED) is 0.207. The summed E-state index contributed by atoms with van der Waals surface area (Å²) in [6.07, 6.45) is 10.8. The summed E-state index contributed by atoms with van der Waals surface area (Å²) in [6.45, 7) is 4.25. The van der Waals surface area contributed by atoms with Gasteiger partial charge in [0.05, 0.1) is 17.3 Å². The number of benzene rings is 2. The van der Waals surface area contributed by atoms with Gasteiger partial charge in [-0.2, -0.15) is 5.10 Å². The third-order valence-electron chi connectivity index (χ3n) is 6.87. The Bertz CT molecular complexity index is 1080. The van der Waals surface area contributed by atoms with E-state index in [1.54, 1.807) is 4.68 Å². The summed E-state index contributed by atoms with van der Waals surface area (Å²) in [5.74, 6) is 0.0738. The fourth-order valence-electron chi connectivity index (χ4n) is 5.08. The molecule has 0 unspecified atom stereocenters. The molecule has 0 radical (unpaired) electrons. The smallest absolute Gasteiger partial charge is 0.316 e. The molecule has 5 heteroatoms. The van der Waals surface area contributed by atoms with Crippen LogP contribution in [0.3, 0.4) is 0 Å². The molecule has 0 aliphatic carbocycles. The van der Waals surface area contributed by atoms with Gasteiger partial charge >= 0.3 is 5.97 Å². The Morgan fingerprint density at radius 1 is 0.912 bits per heavy atom. The number of hydrogen-bond acceptors (Lipinski definition) is 3. The van der Waals surface area contributed by atoms with Gasteiger partial charge in [-0.15, -0.1) is 0 Å². The van der Waals surface area contributed by atoms with Crippen molar-refractivity contribution >= 4 is 17.6 Å². The zero-order chi connectivity index (χ0) is 23.9. The molecular formula is C29H35ClN2O2. The number of rotatable bonds is 11. The van der Waals surface area contributed by atoms with Crippen molar-refractivity contribution < 1.29 is 9.53 Å². The molecule has 4 nitrogen and oxygen atoms in total. The van der Waals surface area contributed by atoms with Gasteiger partial charge in [-0.1, -0.05) is 100 Å². The van der Waals surface area contributed by atoms with E-state index in [0.29, 0.717) is 10.9 Å². The highest BCUT2D eigenvalue weighted by Gasteiger charge is 2.42. The molecule has 2 aromatic carbocycles. The molecule has 2 atom stereocenters. The molecule has 2 heterocycles. The number of carbonyl (C=O) groups excluding carboxylic acids is 1. The van der Waals surface area contributed by atoms with Crippen molar-refractivity contribution in [1.82, 2.24) is 9.78 Å². The molecule has 1 aliphatic rings. The van der Waals surface area contributed by atoms with Crippen molar-refractivity contribution in [3.8, 4) is 11.6 Å². The molecule has 0 saturated heterocycles. The summed E-state index contributed by atoms with van der Waals surface area (Å²) < 4.78 is 7.75. The summed E-state index contributed by atoms with van der Waals surface area (Å²) in [5, 5.41) is 5.48. The van der Waals surface area contributed by atoms with Gasteiger partial charge in [0.25, 0.3) is 0 Å². The van der Waals surface area contributed by atoms with Gasteiger partial charge in [-0.3, -0.25) is 4.79 Å². The number of fused-ring (bicyclic) bond motifs is 1. The van der Waals surface area contributed by atoms with Crippen LogP contribution in [0.15, 0.2) is 54.6 Å². The summed E-state index contributed by atoms with van der Waals surface area (Å²) in [6, 6.07) is 17.7. The Labute approximate surface area is 208 Å². The SMILES string of the molecule is CCCCCCCCCC[C@@H]1C(=O)Oc2c(c(C)nn2-c2ccccc2)[C@@H]1c1ccc(Cl)cc1. The Morgan fingerprint density at radius 2 is 1.56 bits per heavy atom. The third-order valence-corrected chi connectivity index (χ3v) is 7.13. The van der Waals surface area contributed by atoms with Gasteiger partial charge in [0.2, 0.25) is 5.88 Å². The number of para-hydroxylation sites is 1. The van der Waals surface area contributed by atoms with E-state index >= 15 is 0 Å². The van der Waals surface area contributed by atoms with Crippen LogP contribution in [0.5, 0.6) is 5.88 Å². The summed E-state index contributed by atoms with van der Waals surface area (Å²) in [4.78, 5) is 13.3. The number of halogens is 1.